The van der Waals surface area contributed by atoms with Crippen LogP contribution in [0, 0.1) is 5.92 Å². The van der Waals surface area contributed by atoms with Crippen molar-refractivity contribution in [2.45, 2.75) is 38.5 Å². The Hall–Kier alpha value is -1.77. The van der Waals surface area contributed by atoms with E-state index in [0.29, 0.717) is 0 Å². The van der Waals surface area contributed by atoms with Gasteiger partial charge >= 0.3 is 0 Å². The predicted octanol–water partition coefficient (Wildman–Crippen LogP) is 4.20. The number of fused-ring (bicyclic) bond motifs is 1. The fourth-order valence-corrected chi connectivity index (χ4v) is 3.25. The molecule has 106 valence electrons. The third kappa shape index (κ3) is 2.87. The lowest BCUT2D eigenvalue weighted by molar-refractivity contribution is 0.345. The maximum absolute atomic E-state index is 6.02. The third-order valence-electron chi connectivity index (χ3n) is 4.44. The van der Waals surface area contributed by atoms with Gasteiger partial charge in [-0.3, -0.25) is 4.98 Å². The van der Waals surface area contributed by atoms with E-state index in [0.717, 1.165) is 34.6 Å². The highest BCUT2D eigenvalue weighted by Gasteiger charge is 2.13. The third-order valence-corrected chi connectivity index (χ3v) is 4.44. The summed E-state index contributed by atoms with van der Waals surface area (Å²) in [6, 6.07) is 6.03. The van der Waals surface area contributed by atoms with Crippen molar-refractivity contribution in [3.8, 4) is 0 Å². The van der Waals surface area contributed by atoms with E-state index in [4.69, 9.17) is 5.73 Å². The number of hydrogen-bond donors (Lipinski definition) is 2. The van der Waals surface area contributed by atoms with E-state index < -0.39 is 0 Å². The Morgan fingerprint density at radius 3 is 2.80 bits per heavy atom. The van der Waals surface area contributed by atoms with Gasteiger partial charge in [-0.1, -0.05) is 32.1 Å². The topological polar surface area (TPSA) is 50.9 Å². The highest BCUT2D eigenvalue weighted by atomic mass is 14.9. The molecule has 20 heavy (non-hydrogen) atoms. The second-order valence-electron chi connectivity index (χ2n) is 5.84. The number of aromatic nitrogens is 1. The molecule has 3 nitrogen and oxygen atoms in total. The van der Waals surface area contributed by atoms with E-state index in [-0.39, 0.29) is 0 Å². The van der Waals surface area contributed by atoms with E-state index in [1.165, 1.54) is 38.5 Å². The highest BCUT2D eigenvalue weighted by molar-refractivity contribution is 6.00. The molecule has 3 rings (SSSR count). The van der Waals surface area contributed by atoms with Gasteiger partial charge in [0.05, 0.1) is 0 Å². The molecule has 0 unspecified atom stereocenters. The first-order chi connectivity index (χ1) is 9.84. The zero-order valence-electron chi connectivity index (χ0n) is 11.9. The number of pyridine rings is 1. The summed E-state index contributed by atoms with van der Waals surface area (Å²) in [5, 5.41) is 5.77. The molecule has 1 aliphatic carbocycles. The van der Waals surface area contributed by atoms with Crippen LogP contribution >= 0.6 is 0 Å². The number of rotatable bonds is 4. The molecule has 1 aromatic heterocycles. The molecule has 1 aromatic carbocycles. The highest BCUT2D eigenvalue weighted by Crippen LogP contribution is 2.29. The van der Waals surface area contributed by atoms with Crippen molar-refractivity contribution in [3.63, 3.8) is 0 Å². The van der Waals surface area contributed by atoms with E-state index in [1.807, 2.05) is 18.3 Å². The predicted molar refractivity (Wildman–Crippen MR) is 85.8 cm³/mol. The van der Waals surface area contributed by atoms with Gasteiger partial charge in [0, 0.05) is 41.1 Å². The monoisotopic (exact) mass is 269 g/mol. The summed E-state index contributed by atoms with van der Waals surface area (Å²) in [6.07, 6.45) is 12.0. The number of hydrogen-bond acceptors (Lipinski definition) is 3. The Kier molecular flexibility index (Phi) is 4.05. The standard InChI is InChI=1S/C17H23N3/c18-16-6-7-17(15-12-19-10-9-14(15)16)20-11-8-13-4-2-1-3-5-13/h6-7,9-10,12-13,20H,1-5,8,11,18H2. The minimum absolute atomic E-state index is 0.820. The first kappa shape index (κ1) is 13.2. The lowest BCUT2D eigenvalue weighted by Crippen LogP contribution is -2.12. The molecule has 1 aliphatic rings. The molecule has 3 heteroatoms. The van der Waals surface area contributed by atoms with E-state index in [2.05, 4.69) is 16.4 Å². The summed E-state index contributed by atoms with van der Waals surface area (Å²) in [7, 11) is 0. The van der Waals surface area contributed by atoms with Crippen LogP contribution in [0.2, 0.25) is 0 Å². The van der Waals surface area contributed by atoms with Gasteiger partial charge in [-0.05, 0) is 30.5 Å². The molecule has 1 heterocycles. The lowest BCUT2D eigenvalue weighted by Gasteiger charge is -2.22. The van der Waals surface area contributed by atoms with Crippen molar-refractivity contribution in [2.75, 3.05) is 17.6 Å². The molecule has 1 fully saturated rings. The summed E-state index contributed by atoms with van der Waals surface area (Å²) in [5.74, 6) is 0.912. The number of nitrogen functional groups attached to an aromatic ring is 1. The van der Waals surface area contributed by atoms with Gasteiger partial charge in [-0.15, -0.1) is 0 Å². The van der Waals surface area contributed by atoms with E-state index >= 15 is 0 Å². The molecular weight excluding hydrogens is 246 g/mol. The molecule has 0 spiro atoms. The molecule has 0 atom stereocenters. The molecule has 0 radical (unpaired) electrons. The zero-order chi connectivity index (χ0) is 13.8. The van der Waals surface area contributed by atoms with Crippen molar-refractivity contribution in [1.29, 1.82) is 0 Å². The molecule has 1 saturated carbocycles. The minimum atomic E-state index is 0.820. The maximum atomic E-state index is 6.02. The Bertz CT molecular complexity index is 573. The normalized spacial score (nSPS) is 16.4. The lowest BCUT2D eigenvalue weighted by atomic mass is 9.87. The molecule has 2 aromatic rings. The molecule has 0 amide bonds. The van der Waals surface area contributed by atoms with E-state index in [9.17, 15) is 0 Å². The SMILES string of the molecule is Nc1ccc(NCCC2CCCCC2)c2cnccc12. The Morgan fingerprint density at radius 2 is 1.95 bits per heavy atom. The van der Waals surface area contributed by atoms with Gasteiger partial charge in [-0.2, -0.15) is 0 Å². The summed E-state index contributed by atoms with van der Waals surface area (Å²) in [5.41, 5.74) is 7.99. The van der Waals surface area contributed by atoms with Crippen LogP contribution in [0.25, 0.3) is 10.8 Å². The summed E-state index contributed by atoms with van der Waals surface area (Å²) in [4.78, 5) is 4.22. The molecular formula is C17H23N3. The first-order valence-corrected chi connectivity index (χ1v) is 7.70. The Balaban J connectivity index is 1.67. The largest absolute Gasteiger partial charge is 0.398 e. The average Bonchev–Trinajstić information content (AvgIpc) is 2.51. The van der Waals surface area contributed by atoms with Crippen molar-refractivity contribution in [3.05, 3.63) is 30.6 Å². The maximum Gasteiger partial charge on any atom is 0.0437 e. The molecule has 0 saturated heterocycles. The number of nitrogens with one attached hydrogen (secondary N) is 1. The van der Waals surface area contributed by atoms with E-state index in [1.54, 1.807) is 6.20 Å². The van der Waals surface area contributed by atoms with Crippen LogP contribution in [0.5, 0.6) is 0 Å². The summed E-state index contributed by atoms with van der Waals surface area (Å²) in [6.45, 7) is 1.04. The number of anilines is 2. The van der Waals surface area contributed by atoms with Crippen molar-refractivity contribution in [1.82, 2.24) is 4.98 Å². The van der Waals surface area contributed by atoms with Crippen molar-refractivity contribution in [2.24, 2.45) is 5.92 Å². The van der Waals surface area contributed by atoms with Gasteiger partial charge in [0.2, 0.25) is 0 Å². The van der Waals surface area contributed by atoms with Crippen LogP contribution < -0.4 is 11.1 Å². The quantitative estimate of drug-likeness (QED) is 0.818. The number of benzene rings is 1. The van der Waals surface area contributed by atoms with Crippen LogP contribution in [0.15, 0.2) is 30.6 Å². The number of nitrogens with two attached hydrogens (primary N) is 1. The smallest absolute Gasteiger partial charge is 0.0437 e. The summed E-state index contributed by atoms with van der Waals surface area (Å²) < 4.78 is 0. The minimum Gasteiger partial charge on any atom is -0.398 e. The molecule has 0 bridgehead atoms. The number of nitrogens with zero attached hydrogens (tertiary/aromatic N) is 1. The van der Waals surface area contributed by atoms with Gasteiger partial charge in [0.25, 0.3) is 0 Å². The van der Waals surface area contributed by atoms with Crippen LogP contribution in [-0.2, 0) is 0 Å². The van der Waals surface area contributed by atoms with Crippen LogP contribution in [0.4, 0.5) is 11.4 Å². The van der Waals surface area contributed by atoms with Gasteiger partial charge < -0.3 is 11.1 Å². The Labute approximate surface area is 120 Å². The van der Waals surface area contributed by atoms with Crippen molar-refractivity contribution < 1.29 is 0 Å². The van der Waals surface area contributed by atoms with Crippen LogP contribution in [-0.4, -0.2) is 11.5 Å². The Morgan fingerprint density at radius 1 is 1.10 bits per heavy atom. The van der Waals surface area contributed by atoms with Gasteiger partial charge in [-0.25, -0.2) is 0 Å². The van der Waals surface area contributed by atoms with Crippen LogP contribution in [0.3, 0.4) is 0 Å². The molecule has 3 N–H and O–H groups in total. The van der Waals surface area contributed by atoms with Crippen molar-refractivity contribution >= 4 is 22.1 Å². The fourth-order valence-electron chi connectivity index (χ4n) is 3.25. The second-order valence-corrected chi connectivity index (χ2v) is 5.84. The second kappa shape index (κ2) is 6.12. The molecule has 0 aliphatic heterocycles. The van der Waals surface area contributed by atoms with Gasteiger partial charge in [0.15, 0.2) is 0 Å². The van der Waals surface area contributed by atoms with Crippen LogP contribution in [0.1, 0.15) is 38.5 Å². The van der Waals surface area contributed by atoms with Gasteiger partial charge in [0.1, 0.15) is 0 Å². The summed E-state index contributed by atoms with van der Waals surface area (Å²) >= 11 is 0. The fraction of sp³-hybridized carbons (Fsp3) is 0.471. The average molecular weight is 269 g/mol. The first-order valence-electron chi connectivity index (χ1n) is 7.70. The zero-order valence-corrected chi connectivity index (χ0v) is 11.9.